The molecule has 3 aromatic carbocycles. The Hall–Kier alpha value is -6.43. The second-order valence-electron chi connectivity index (χ2n) is 18.2. The lowest BCUT2D eigenvalue weighted by Gasteiger charge is -2.35. The first kappa shape index (κ1) is 47.1. The Morgan fingerprint density at radius 3 is 2.28 bits per heavy atom. The number of rotatable bonds is 11. The molecule has 2 aliphatic heterocycles. The van der Waals surface area contributed by atoms with Crippen LogP contribution in [0.15, 0.2) is 77.2 Å². The molecule has 1 fully saturated rings. The van der Waals surface area contributed by atoms with Crippen molar-refractivity contribution in [2.75, 3.05) is 13.7 Å². The van der Waals surface area contributed by atoms with Gasteiger partial charge in [-0.25, -0.2) is 9.37 Å². The largest absolute Gasteiger partial charge is 0.469 e. The average molecular weight is 945 g/mol. The molecule has 0 radical (unpaired) electrons. The van der Waals surface area contributed by atoms with Gasteiger partial charge in [0.1, 0.15) is 34.8 Å². The molecule has 1 saturated heterocycles. The Bertz CT molecular complexity index is 2920. The van der Waals surface area contributed by atoms with Gasteiger partial charge in [0.15, 0.2) is 5.82 Å². The van der Waals surface area contributed by atoms with Crippen LogP contribution in [-0.4, -0.2) is 91.0 Å². The van der Waals surface area contributed by atoms with Crippen molar-refractivity contribution in [3.63, 3.8) is 0 Å². The fraction of sp³-hybridized carbons (Fsp3) is 0.360. The molecule has 3 aromatic heterocycles. The van der Waals surface area contributed by atoms with Crippen molar-refractivity contribution in [2.24, 2.45) is 10.4 Å². The third-order valence-corrected chi connectivity index (χ3v) is 14.7. The molecule has 5 atom stereocenters. The van der Waals surface area contributed by atoms with Crippen molar-refractivity contribution in [3.05, 3.63) is 128 Å². The highest BCUT2D eigenvalue weighted by molar-refractivity contribution is 7.15. The first-order valence-corrected chi connectivity index (χ1v) is 23.7. The van der Waals surface area contributed by atoms with E-state index in [1.165, 1.54) is 18.1 Å². The summed E-state index contributed by atoms with van der Waals surface area (Å²) < 4.78 is 23.6. The van der Waals surface area contributed by atoms with Gasteiger partial charge >= 0.3 is 5.97 Å². The molecule has 0 aliphatic carbocycles. The van der Waals surface area contributed by atoms with Gasteiger partial charge < -0.3 is 25.4 Å². The maximum absolute atomic E-state index is 16.6. The smallest absolute Gasteiger partial charge is 0.308 e. The number of aliphatic hydroxyl groups is 1. The number of β-amino-alcohol motifs (C(OH)–C–C–N with tert-alkyl or cyclic N) is 1. The van der Waals surface area contributed by atoms with Crippen LogP contribution in [0.3, 0.4) is 0 Å². The molecule has 3 amide bonds. The summed E-state index contributed by atoms with van der Waals surface area (Å²) in [5.74, 6) is -1.85. The minimum absolute atomic E-state index is 0.0193. The van der Waals surface area contributed by atoms with Crippen molar-refractivity contribution in [3.8, 4) is 26.6 Å². The van der Waals surface area contributed by atoms with E-state index in [0.717, 1.165) is 48.3 Å². The molecule has 5 heterocycles. The van der Waals surface area contributed by atoms with E-state index in [-0.39, 0.29) is 30.5 Å². The van der Waals surface area contributed by atoms with E-state index in [1.807, 2.05) is 75.6 Å². The van der Waals surface area contributed by atoms with Gasteiger partial charge in [-0.15, -0.1) is 32.9 Å². The van der Waals surface area contributed by atoms with Crippen molar-refractivity contribution in [2.45, 2.75) is 98.5 Å². The standard InChI is InChI=1S/C50H53FN8O6S2/c1-25-28(4)67-49-40(25)42(54-37(22-39(61)65-9)45-57-56-29(5)59(45)49)32-17-15-31(16-18-32)35-11-10-12-36(41(35)51)46(62)55-44(50(6,7)8)48(64)58-23-34(60)21-38(58)47(63)53-26(2)30-13-19-33(20-14-30)43-27(3)52-24-66-43/h10-20,24,26,34,37-38,44,60H,21-23H2,1-9H3,(H,53,63)(H,55,62)/t26-,34+,37-,38-,44+/m0/s1. The minimum Gasteiger partial charge on any atom is -0.469 e. The number of hydrogen-bond donors (Lipinski definition) is 3. The second kappa shape index (κ2) is 18.7. The van der Waals surface area contributed by atoms with Crippen LogP contribution < -0.4 is 10.6 Å². The Kier molecular flexibility index (Phi) is 13.1. The lowest BCUT2D eigenvalue weighted by atomic mass is 9.85. The van der Waals surface area contributed by atoms with Gasteiger partial charge in [-0.1, -0.05) is 81.4 Å². The summed E-state index contributed by atoms with van der Waals surface area (Å²) in [6, 6.07) is 16.3. The summed E-state index contributed by atoms with van der Waals surface area (Å²) in [5, 5.41) is 26.2. The van der Waals surface area contributed by atoms with E-state index in [4.69, 9.17) is 9.73 Å². The number of aliphatic hydroxyl groups excluding tert-OH is 1. The number of carbonyl (C=O) groups is 4. The zero-order valence-electron chi connectivity index (χ0n) is 38.8. The van der Waals surface area contributed by atoms with Crippen LogP contribution in [0.2, 0.25) is 0 Å². The van der Waals surface area contributed by atoms with Gasteiger partial charge in [0, 0.05) is 34.5 Å². The van der Waals surface area contributed by atoms with E-state index in [1.54, 1.807) is 73.2 Å². The number of nitrogens with one attached hydrogen (secondary N) is 2. The molecule has 0 bridgehead atoms. The fourth-order valence-electron chi connectivity index (χ4n) is 8.73. The number of aromatic nitrogens is 4. The summed E-state index contributed by atoms with van der Waals surface area (Å²) in [4.78, 5) is 67.9. The Morgan fingerprint density at radius 2 is 1.63 bits per heavy atom. The summed E-state index contributed by atoms with van der Waals surface area (Å²) in [6.07, 6.45) is -0.994. The van der Waals surface area contributed by atoms with Crippen molar-refractivity contribution in [1.29, 1.82) is 0 Å². The lowest BCUT2D eigenvalue weighted by molar-refractivity contribution is -0.142. The number of amides is 3. The number of esters is 1. The molecule has 6 aromatic rings. The monoisotopic (exact) mass is 944 g/mol. The van der Waals surface area contributed by atoms with Crippen LogP contribution in [0.4, 0.5) is 4.39 Å². The highest BCUT2D eigenvalue weighted by Crippen LogP contribution is 2.40. The van der Waals surface area contributed by atoms with E-state index in [0.29, 0.717) is 22.9 Å². The Balaban J connectivity index is 1.01. The molecule has 17 heteroatoms. The number of aryl methyl sites for hydroxylation is 3. The van der Waals surface area contributed by atoms with Crippen LogP contribution in [-0.2, 0) is 19.1 Å². The lowest BCUT2D eigenvalue weighted by Crippen LogP contribution is -2.58. The van der Waals surface area contributed by atoms with Gasteiger partial charge in [-0.05, 0) is 68.4 Å². The zero-order valence-corrected chi connectivity index (χ0v) is 40.4. The maximum Gasteiger partial charge on any atom is 0.308 e. The third kappa shape index (κ3) is 9.19. The molecular formula is C50H53FN8O6S2. The number of likely N-dealkylation sites (tertiary alicyclic amines) is 1. The van der Waals surface area contributed by atoms with Gasteiger partial charge in [0.25, 0.3) is 5.91 Å². The first-order valence-electron chi connectivity index (χ1n) is 22.0. The molecule has 0 unspecified atom stereocenters. The van der Waals surface area contributed by atoms with Crippen LogP contribution in [0, 0.1) is 38.9 Å². The SMILES string of the molecule is COC(=O)C[C@@H]1N=C(c2ccc(-c3cccc(C(=O)N[C@H](C(=O)N4C[C@H](O)C[C@H]4C(=O)N[C@@H](C)c4ccc(-c5scnc5C)cc4)C(C)(C)C)c3F)cc2)c2c(sc(C)c2C)-n2c(C)nnc21. The number of methoxy groups -OCH3 is 1. The number of benzene rings is 3. The minimum atomic E-state index is -1.18. The van der Waals surface area contributed by atoms with E-state index < -0.39 is 65.2 Å². The number of hydrogen-bond acceptors (Lipinski definition) is 12. The number of thiophene rings is 1. The molecule has 0 saturated carbocycles. The summed E-state index contributed by atoms with van der Waals surface area (Å²) in [6.45, 7) is 14.9. The third-order valence-electron chi connectivity index (χ3n) is 12.6. The first-order chi connectivity index (χ1) is 31.9. The van der Waals surface area contributed by atoms with Crippen molar-refractivity contribution < 1.29 is 33.4 Å². The van der Waals surface area contributed by atoms with Gasteiger partial charge in [0.2, 0.25) is 11.8 Å². The predicted molar refractivity (Wildman–Crippen MR) is 256 cm³/mol. The van der Waals surface area contributed by atoms with Crippen molar-refractivity contribution in [1.82, 2.24) is 35.3 Å². The topological polar surface area (TPSA) is 181 Å². The summed E-state index contributed by atoms with van der Waals surface area (Å²) in [7, 11) is 1.33. The number of ether oxygens (including phenoxy) is 1. The van der Waals surface area contributed by atoms with E-state index >= 15 is 4.39 Å². The van der Waals surface area contributed by atoms with Crippen LogP contribution in [0.25, 0.3) is 26.6 Å². The number of fused-ring (bicyclic) bond motifs is 3. The number of thiazole rings is 1. The molecule has 348 valence electrons. The number of halogens is 1. The van der Waals surface area contributed by atoms with Crippen LogP contribution in [0.5, 0.6) is 0 Å². The molecule has 8 rings (SSSR count). The molecule has 2 aliphatic rings. The normalized spacial score (nSPS) is 17.7. The van der Waals surface area contributed by atoms with Gasteiger partial charge in [-0.3, -0.25) is 28.7 Å². The van der Waals surface area contributed by atoms with E-state index in [9.17, 15) is 24.3 Å². The molecule has 67 heavy (non-hydrogen) atoms. The molecule has 3 N–H and O–H groups in total. The van der Waals surface area contributed by atoms with Crippen molar-refractivity contribution >= 4 is 52.1 Å². The Morgan fingerprint density at radius 1 is 0.940 bits per heavy atom. The number of carbonyl (C=O) groups excluding carboxylic acids is 4. The average Bonchev–Trinajstić information content (AvgIpc) is 4.07. The van der Waals surface area contributed by atoms with E-state index in [2.05, 4.69) is 25.8 Å². The number of aliphatic imine (C=N–C) groups is 1. The zero-order chi connectivity index (χ0) is 48.1. The number of nitrogens with zero attached hydrogens (tertiary/aromatic N) is 6. The highest BCUT2D eigenvalue weighted by atomic mass is 32.1. The molecule has 0 spiro atoms. The predicted octanol–water partition coefficient (Wildman–Crippen LogP) is 7.93. The van der Waals surface area contributed by atoms with Crippen LogP contribution in [0.1, 0.15) is 107 Å². The highest BCUT2D eigenvalue weighted by Gasteiger charge is 2.45. The summed E-state index contributed by atoms with van der Waals surface area (Å²) in [5.41, 5.74) is 7.41. The fourth-order valence-corrected chi connectivity index (χ4v) is 10.8. The molecular weight excluding hydrogens is 892 g/mol. The molecule has 14 nitrogen and oxygen atoms in total. The Labute approximate surface area is 396 Å². The van der Waals surface area contributed by atoms with Gasteiger partial charge in [0.05, 0.1) is 53.0 Å². The van der Waals surface area contributed by atoms with Gasteiger partial charge in [-0.2, -0.15) is 0 Å². The second-order valence-corrected chi connectivity index (χ2v) is 20.3. The van der Waals surface area contributed by atoms with Crippen LogP contribution >= 0.6 is 22.7 Å². The summed E-state index contributed by atoms with van der Waals surface area (Å²) >= 11 is 3.14. The quantitative estimate of drug-likeness (QED) is 0.109. The maximum atomic E-state index is 16.6.